The predicted octanol–water partition coefficient (Wildman–Crippen LogP) is 0.931. The van der Waals surface area contributed by atoms with Crippen LogP contribution < -0.4 is 17.0 Å². The number of rotatable bonds is 1. The van der Waals surface area contributed by atoms with E-state index in [0.29, 0.717) is 11.3 Å². The molecular weight excluding hydrogens is 250 g/mol. The third kappa shape index (κ3) is 1.85. The first-order chi connectivity index (χ1) is 8.54. The topological polar surface area (TPSA) is 114 Å². The van der Waals surface area contributed by atoms with E-state index in [1.807, 2.05) is 6.07 Å². The lowest BCUT2D eigenvalue weighted by Gasteiger charge is -2.08. The average molecular weight is 259 g/mol. The van der Waals surface area contributed by atoms with Gasteiger partial charge in [-0.15, -0.1) is 0 Å². The standard InChI is InChI=1S/C11H9N5OS/c12-5-6-2-1-3-7(4-6)16-10(17)8(13)9(14)15-11(16)18/h1-4H,13-14H2,(H,15,18). The number of nitrogens with two attached hydrogens (primary N) is 2. The quantitative estimate of drug-likeness (QED) is 0.659. The number of hydrogen-bond donors (Lipinski definition) is 3. The molecule has 5 N–H and O–H groups in total. The normalized spacial score (nSPS) is 9.94. The summed E-state index contributed by atoms with van der Waals surface area (Å²) < 4.78 is 1.32. The van der Waals surface area contributed by atoms with E-state index in [0.717, 1.165) is 0 Å². The van der Waals surface area contributed by atoms with E-state index in [2.05, 4.69) is 4.98 Å². The third-order valence-corrected chi connectivity index (χ3v) is 2.69. The molecule has 1 heterocycles. The van der Waals surface area contributed by atoms with Crippen LogP contribution >= 0.6 is 12.2 Å². The molecule has 2 rings (SSSR count). The molecule has 0 aliphatic carbocycles. The van der Waals surface area contributed by atoms with Crippen LogP contribution in [0.1, 0.15) is 5.56 Å². The van der Waals surface area contributed by atoms with Crippen LogP contribution in [0.2, 0.25) is 0 Å². The predicted molar refractivity (Wildman–Crippen MR) is 70.8 cm³/mol. The van der Waals surface area contributed by atoms with E-state index in [1.165, 1.54) is 4.57 Å². The minimum absolute atomic E-state index is 0.0395. The fourth-order valence-electron chi connectivity index (χ4n) is 1.52. The SMILES string of the molecule is N#Cc1cccc(-n2c(=S)[nH]c(N)c(N)c2=O)c1. The van der Waals surface area contributed by atoms with Gasteiger partial charge in [-0.1, -0.05) is 6.07 Å². The van der Waals surface area contributed by atoms with Gasteiger partial charge in [0.25, 0.3) is 5.56 Å². The molecule has 0 amide bonds. The van der Waals surface area contributed by atoms with Gasteiger partial charge in [0.1, 0.15) is 11.5 Å². The van der Waals surface area contributed by atoms with Crippen molar-refractivity contribution in [1.29, 1.82) is 5.26 Å². The van der Waals surface area contributed by atoms with Gasteiger partial charge < -0.3 is 16.5 Å². The van der Waals surface area contributed by atoms with Crippen molar-refractivity contribution in [3.8, 4) is 11.8 Å². The van der Waals surface area contributed by atoms with Crippen molar-refractivity contribution in [1.82, 2.24) is 9.55 Å². The van der Waals surface area contributed by atoms with Gasteiger partial charge in [-0.2, -0.15) is 5.26 Å². The highest BCUT2D eigenvalue weighted by atomic mass is 32.1. The second-order valence-corrected chi connectivity index (χ2v) is 3.95. The number of nitrogens with zero attached hydrogens (tertiary/aromatic N) is 2. The smallest absolute Gasteiger partial charge is 0.284 e. The van der Waals surface area contributed by atoms with Crippen LogP contribution in [-0.4, -0.2) is 9.55 Å². The van der Waals surface area contributed by atoms with Gasteiger partial charge in [0.05, 0.1) is 17.3 Å². The molecule has 1 aromatic heterocycles. The maximum atomic E-state index is 12.0. The monoisotopic (exact) mass is 259 g/mol. The summed E-state index contributed by atoms with van der Waals surface area (Å²) in [4.78, 5) is 14.6. The van der Waals surface area contributed by atoms with Crippen molar-refractivity contribution in [3.63, 3.8) is 0 Å². The van der Waals surface area contributed by atoms with Crippen LogP contribution in [0.5, 0.6) is 0 Å². The van der Waals surface area contributed by atoms with Crippen LogP contribution in [0.3, 0.4) is 0 Å². The summed E-state index contributed by atoms with van der Waals surface area (Å²) in [6, 6.07) is 8.46. The first-order valence-electron chi connectivity index (χ1n) is 4.95. The third-order valence-electron chi connectivity index (χ3n) is 2.40. The lowest BCUT2D eigenvalue weighted by Crippen LogP contribution is -2.25. The summed E-state index contributed by atoms with van der Waals surface area (Å²) >= 11 is 5.04. The fourth-order valence-corrected chi connectivity index (χ4v) is 1.81. The summed E-state index contributed by atoms with van der Waals surface area (Å²) in [6.07, 6.45) is 0. The van der Waals surface area contributed by atoms with Gasteiger partial charge in [-0.25, -0.2) is 0 Å². The Bertz CT molecular complexity index is 768. The first kappa shape index (κ1) is 11.9. The number of aromatic amines is 1. The summed E-state index contributed by atoms with van der Waals surface area (Å²) in [6.45, 7) is 0. The molecule has 0 saturated carbocycles. The second kappa shape index (κ2) is 4.35. The van der Waals surface area contributed by atoms with Crippen LogP contribution in [0.4, 0.5) is 11.5 Å². The molecule has 0 bridgehead atoms. The summed E-state index contributed by atoms with van der Waals surface area (Å²) in [5, 5.41) is 8.83. The van der Waals surface area contributed by atoms with Crippen LogP contribution in [0, 0.1) is 16.1 Å². The average Bonchev–Trinajstić information content (AvgIpc) is 2.36. The lowest BCUT2D eigenvalue weighted by atomic mass is 10.2. The second-order valence-electron chi connectivity index (χ2n) is 3.56. The molecule has 90 valence electrons. The van der Waals surface area contributed by atoms with E-state index in [9.17, 15) is 4.79 Å². The van der Waals surface area contributed by atoms with E-state index < -0.39 is 5.56 Å². The number of hydrogen-bond acceptors (Lipinski definition) is 5. The molecule has 7 heteroatoms. The number of anilines is 2. The largest absolute Gasteiger partial charge is 0.391 e. The molecule has 1 aromatic carbocycles. The summed E-state index contributed by atoms with van der Waals surface area (Å²) in [5.41, 5.74) is 11.3. The fraction of sp³-hybridized carbons (Fsp3) is 0. The molecular formula is C11H9N5OS. The molecule has 6 nitrogen and oxygen atoms in total. The van der Waals surface area contributed by atoms with Gasteiger partial charge in [-0.05, 0) is 30.4 Å². The number of H-pyrrole nitrogens is 1. The molecule has 0 unspecified atom stereocenters. The summed E-state index contributed by atoms with van der Waals surface area (Å²) in [5.74, 6) is 0.0395. The van der Waals surface area contributed by atoms with Crippen LogP contribution in [0.25, 0.3) is 5.69 Å². The van der Waals surface area contributed by atoms with Crippen molar-refractivity contribution >= 4 is 23.7 Å². The molecule has 2 aromatic rings. The zero-order valence-corrected chi connectivity index (χ0v) is 9.99. The van der Waals surface area contributed by atoms with E-state index >= 15 is 0 Å². The van der Waals surface area contributed by atoms with E-state index in [4.69, 9.17) is 28.9 Å². The Labute approximate surface area is 107 Å². The van der Waals surface area contributed by atoms with Gasteiger partial charge in [-0.3, -0.25) is 9.36 Å². The van der Waals surface area contributed by atoms with Crippen molar-refractivity contribution in [2.75, 3.05) is 11.5 Å². The number of nitrogen functional groups attached to an aromatic ring is 2. The van der Waals surface area contributed by atoms with E-state index in [-0.39, 0.29) is 16.3 Å². The van der Waals surface area contributed by atoms with Crippen molar-refractivity contribution in [2.45, 2.75) is 0 Å². The van der Waals surface area contributed by atoms with E-state index in [1.54, 1.807) is 24.3 Å². The van der Waals surface area contributed by atoms with Crippen molar-refractivity contribution in [2.24, 2.45) is 0 Å². The van der Waals surface area contributed by atoms with Gasteiger partial charge in [0.15, 0.2) is 4.77 Å². The molecule has 0 radical (unpaired) electrons. The number of nitrogens with one attached hydrogen (secondary N) is 1. The van der Waals surface area contributed by atoms with Crippen LogP contribution in [-0.2, 0) is 0 Å². The number of nitriles is 1. The Morgan fingerprint density at radius 3 is 2.78 bits per heavy atom. The van der Waals surface area contributed by atoms with Crippen molar-refractivity contribution in [3.05, 3.63) is 45.0 Å². The maximum absolute atomic E-state index is 12.0. The molecule has 18 heavy (non-hydrogen) atoms. The Kier molecular flexibility index (Phi) is 2.87. The zero-order valence-electron chi connectivity index (χ0n) is 9.18. The molecule has 0 saturated heterocycles. The summed E-state index contributed by atoms with van der Waals surface area (Å²) in [7, 11) is 0. The zero-order chi connectivity index (χ0) is 13.3. The Hall–Kier alpha value is -2.59. The highest BCUT2D eigenvalue weighted by molar-refractivity contribution is 7.71. The van der Waals surface area contributed by atoms with Crippen molar-refractivity contribution < 1.29 is 0 Å². The van der Waals surface area contributed by atoms with Gasteiger partial charge in [0, 0.05) is 0 Å². The van der Waals surface area contributed by atoms with Gasteiger partial charge in [0.2, 0.25) is 0 Å². The number of aromatic nitrogens is 2. The minimum Gasteiger partial charge on any atom is -0.391 e. The number of benzene rings is 1. The first-order valence-corrected chi connectivity index (χ1v) is 5.36. The molecule has 0 atom stereocenters. The highest BCUT2D eigenvalue weighted by Crippen LogP contribution is 2.11. The molecule has 0 aliphatic heterocycles. The molecule has 0 fully saturated rings. The van der Waals surface area contributed by atoms with Crippen LogP contribution in [0.15, 0.2) is 29.1 Å². The lowest BCUT2D eigenvalue weighted by molar-refractivity contribution is 0.923. The molecule has 0 aliphatic rings. The minimum atomic E-state index is -0.508. The Balaban J connectivity index is 2.80. The molecule has 0 spiro atoms. The maximum Gasteiger partial charge on any atom is 0.284 e. The highest BCUT2D eigenvalue weighted by Gasteiger charge is 2.09. The Morgan fingerprint density at radius 1 is 1.39 bits per heavy atom. The van der Waals surface area contributed by atoms with Gasteiger partial charge >= 0.3 is 0 Å². The Morgan fingerprint density at radius 2 is 2.11 bits per heavy atom.